The Kier molecular flexibility index (Phi) is 9.02. The summed E-state index contributed by atoms with van der Waals surface area (Å²) >= 11 is 6.07. The van der Waals surface area contributed by atoms with E-state index >= 15 is 4.39 Å². The number of piperazine rings is 1. The molecule has 1 aromatic heterocycles. The van der Waals surface area contributed by atoms with E-state index in [0.717, 1.165) is 5.56 Å². The number of tetrazole rings is 1. The Labute approximate surface area is 279 Å². The van der Waals surface area contributed by atoms with E-state index in [9.17, 15) is 24.3 Å². The second-order valence-electron chi connectivity index (χ2n) is 11.4. The van der Waals surface area contributed by atoms with Crippen LogP contribution in [0.15, 0.2) is 67.0 Å². The topological polar surface area (TPSA) is 145 Å². The third-order valence-electron chi connectivity index (χ3n) is 8.55. The number of carbonyl (C=O) groups is 4. The lowest BCUT2D eigenvalue weighted by Crippen LogP contribution is -2.50. The van der Waals surface area contributed by atoms with Gasteiger partial charge in [0, 0.05) is 49.7 Å². The molecule has 15 heteroatoms. The summed E-state index contributed by atoms with van der Waals surface area (Å²) in [6, 6.07) is 12.9. The van der Waals surface area contributed by atoms with Crippen molar-refractivity contribution in [2.45, 2.75) is 12.5 Å². The first-order valence-electron chi connectivity index (χ1n) is 15.0. The number of carboxylic acid groups (broad SMARTS) is 1. The van der Waals surface area contributed by atoms with Gasteiger partial charge in [0.2, 0.25) is 11.8 Å². The lowest BCUT2D eigenvalue weighted by Gasteiger charge is -2.40. The van der Waals surface area contributed by atoms with Gasteiger partial charge in [-0.25, -0.2) is 9.18 Å². The van der Waals surface area contributed by atoms with E-state index in [1.165, 1.54) is 69.4 Å². The van der Waals surface area contributed by atoms with Crippen LogP contribution in [0.1, 0.15) is 33.1 Å². The van der Waals surface area contributed by atoms with Gasteiger partial charge >= 0.3 is 5.97 Å². The summed E-state index contributed by atoms with van der Waals surface area (Å²) in [5.41, 5.74) is 2.70. The Morgan fingerprint density at radius 3 is 2.50 bits per heavy atom. The zero-order chi connectivity index (χ0) is 34.1. The Bertz CT molecular complexity index is 1930. The first kappa shape index (κ1) is 32.5. The van der Waals surface area contributed by atoms with E-state index < -0.39 is 29.6 Å². The second-order valence-corrected chi connectivity index (χ2v) is 11.9. The SMILES string of the molecule is CN1CCN(c2cccc3c2CCN(C(=O)/C=C/c2c(-n4cnnn4)ccc(Cl)c2F)[C@@H]3C(=O)N(C)c2ccc(C(=O)O)cc2)C(=O)C1. The van der Waals surface area contributed by atoms with Crippen molar-refractivity contribution in [1.29, 1.82) is 0 Å². The average molecular weight is 673 g/mol. The van der Waals surface area contributed by atoms with Gasteiger partial charge in [0.05, 0.1) is 22.8 Å². The quantitative estimate of drug-likeness (QED) is 0.293. The first-order chi connectivity index (χ1) is 23.0. The normalized spacial score (nSPS) is 16.7. The summed E-state index contributed by atoms with van der Waals surface area (Å²) < 4.78 is 16.5. The summed E-state index contributed by atoms with van der Waals surface area (Å²) in [6.45, 7) is 1.52. The molecule has 0 bridgehead atoms. The van der Waals surface area contributed by atoms with Crippen LogP contribution in [0.2, 0.25) is 5.02 Å². The number of hydrogen-bond donors (Lipinski definition) is 1. The molecule has 246 valence electrons. The summed E-state index contributed by atoms with van der Waals surface area (Å²) in [7, 11) is 3.42. The highest BCUT2D eigenvalue weighted by Gasteiger charge is 2.39. The number of rotatable bonds is 7. The zero-order valence-corrected chi connectivity index (χ0v) is 26.7. The standard InChI is InChI=1S/C33H30ClFN8O5/c1-39-16-17-41(29(45)18-39)26-5-3-4-23-22(26)14-15-42(31(23)32(46)40(2)21-8-6-20(7-9-21)33(47)48)28(44)13-10-24-27(43-19-36-37-38-43)12-11-25(34)30(24)35/h3-13,19,31H,14-18H2,1-2H3,(H,47,48)/b13-10+/t31-/m0/s1. The molecule has 3 amide bonds. The molecule has 0 aliphatic carbocycles. The van der Waals surface area contributed by atoms with Crippen LogP contribution in [-0.4, -0.2) is 99.1 Å². The van der Waals surface area contributed by atoms with Crippen LogP contribution < -0.4 is 9.80 Å². The van der Waals surface area contributed by atoms with E-state index in [1.54, 1.807) is 24.1 Å². The number of benzene rings is 3. The number of aromatic nitrogens is 4. The van der Waals surface area contributed by atoms with Crippen molar-refractivity contribution in [3.8, 4) is 5.69 Å². The number of likely N-dealkylation sites (N-methyl/N-ethyl adjacent to an activating group) is 2. The van der Waals surface area contributed by atoms with E-state index in [2.05, 4.69) is 15.5 Å². The summed E-state index contributed by atoms with van der Waals surface area (Å²) in [4.78, 5) is 59.2. The van der Waals surface area contributed by atoms with Crippen molar-refractivity contribution in [2.75, 3.05) is 50.1 Å². The van der Waals surface area contributed by atoms with Gasteiger partial charge in [-0.3, -0.25) is 19.3 Å². The number of amides is 3. The van der Waals surface area contributed by atoms with Gasteiger partial charge in [-0.2, -0.15) is 4.68 Å². The molecule has 2 aliphatic heterocycles. The van der Waals surface area contributed by atoms with Crippen molar-refractivity contribution >= 4 is 52.7 Å². The third-order valence-corrected chi connectivity index (χ3v) is 8.84. The van der Waals surface area contributed by atoms with E-state index in [0.29, 0.717) is 36.4 Å². The maximum atomic E-state index is 15.3. The fourth-order valence-electron chi connectivity index (χ4n) is 6.03. The van der Waals surface area contributed by atoms with E-state index in [-0.39, 0.29) is 40.8 Å². The Morgan fingerprint density at radius 2 is 1.81 bits per heavy atom. The minimum Gasteiger partial charge on any atom is -0.478 e. The van der Waals surface area contributed by atoms with Crippen molar-refractivity contribution in [2.24, 2.45) is 0 Å². The lowest BCUT2D eigenvalue weighted by atomic mass is 9.89. The molecule has 6 rings (SSSR count). The van der Waals surface area contributed by atoms with Crippen LogP contribution in [0, 0.1) is 5.82 Å². The van der Waals surface area contributed by atoms with Crippen LogP contribution in [0.5, 0.6) is 0 Å². The third kappa shape index (κ3) is 6.14. The predicted molar refractivity (Wildman–Crippen MR) is 174 cm³/mol. The first-order valence-corrected chi connectivity index (χ1v) is 15.3. The number of hydrogen-bond acceptors (Lipinski definition) is 8. The maximum Gasteiger partial charge on any atom is 0.335 e. The summed E-state index contributed by atoms with van der Waals surface area (Å²) in [5.74, 6) is -3.00. The van der Waals surface area contributed by atoms with Gasteiger partial charge in [0.25, 0.3) is 5.91 Å². The van der Waals surface area contributed by atoms with Crippen LogP contribution in [0.4, 0.5) is 15.8 Å². The van der Waals surface area contributed by atoms with Crippen molar-refractivity contribution < 1.29 is 28.7 Å². The molecular weight excluding hydrogens is 643 g/mol. The molecule has 1 fully saturated rings. The van der Waals surface area contributed by atoms with Crippen LogP contribution in [0.25, 0.3) is 11.8 Å². The number of halogens is 2. The summed E-state index contributed by atoms with van der Waals surface area (Å²) in [5, 5.41) is 20.2. The molecule has 0 radical (unpaired) electrons. The van der Waals surface area contributed by atoms with Crippen LogP contribution >= 0.6 is 11.6 Å². The molecule has 1 saturated heterocycles. The Hall–Kier alpha value is -5.47. The minimum atomic E-state index is -1.12. The van der Waals surface area contributed by atoms with Crippen LogP contribution in [0.3, 0.4) is 0 Å². The highest BCUT2D eigenvalue weighted by Crippen LogP contribution is 2.38. The lowest BCUT2D eigenvalue weighted by molar-refractivity contribution is -0.136. The molecular formula is C33H30ClFN8O5. The predicted octanol–water partition coefficient (Wildman–Crippen LogP) is 3.23. The molecule has 3 aromatic carbocycles. The largest absolute Gasteiger partial charge is 0.478 e. The molecule has 13 nitrogen and oxygen atoms in total. The monoisotopic (exact) mass is 672 g/mol. The number of anilines is 2. The van der Waals surface area contributed by atoms with E-state index in [1.807, 2.05) is 18.0 Å². The van der Waals surface area contributed by atoms with Gasteiger partial charge in [-0.15, -0.1) is 5.10 Å². The second kappa shape index (κ2) is 13.3. The van der Waals surface area contributed by atoms with Crippen LogP contribution in [-0.2, 0) is 20.8 Å². The van der Waals surface area contributed by atoms with Gasteiger partial charge in [-0.1, -0.05) is 23.7 Å². The number of nitrogens with zero attached hydrogens (tertiary/aromatic N) is 8. The number of aromatic carboxylic acids is 1. The molecule has 48 heavy (non-hydrogen) atoms. The van der Waals surface area contributed by atoms with E-state index in [4.69, 9.17) is 11.6 Å². The molecule has 0 saturated carbocycles. The van der Waals surface area contributed by atoms with Crippen molar-refractivity contribution in [3.05, 3.63) is 100 Å². The average Bonchev–Trinajstić information content (AvgIpc) is 3.62. The molecule has 2 aliphatic rings. The van der Waals surface area contributed by atoms with Crippen molar-refractivity contribution in [3.63, 3.8) is 0 Å². The Morgan fingerprint density at radius 1 is 1.04 bits per heavy atom. The number of fused-ring (bicyclic) bond motifs is 1. The fourth-order valence-corrected chi connectivity index (χ4v) is 6.19. The fraction of sp³-hybridized carbons (Fsp3) is 0.242. The van der Waals surface area contributed by atoms with Gasteiger partial charge in [-0.05, 0) is 83.6 Å². The van der Waals surface area contributed by atoms with Gasteiger partial charge < -0.3 is 19.8 Å². The van der Waals surface area contributed by atoms with Crippen molar-refractivity contribution in [1.82, 2.24) is 30.0 Å². The molecule has 0 unspecified atom stereocenters. The van der Waals surface area contributed by atoms with Gasteiger partial charge in [0.1, 0.15) is 12.4 Å². The zero-order valence-electron chi connectivity index (χ0n) is 26.0. The van der Waals surface area contributed by atoms with Gasteiger partial charge in [0.15, 0.2) is 5.82 Å². The summed E-state index contributed by atoms with van der Waals surface area (Å²) in [6.07, 6.45) is 4.07. The number of carboxylic acids is 1. The molecule has 1 N–H and O–H groups in total. The minimum absolute atomic E-state index is 0.0325. The smallest absolute Gasteiger partial charge is 0.335 e. The highest BCUT2D eigenvalue weighted by molar-refractivity contribution is 6.31. The molecule has 4 aromatic rings. The molecule has 0 spiro atoms. The maximum absolute atomic E-state index is 15.3. The highest BCUT2D eigenvalue weighted by atomic mass is 35.5. The molecule has 1 atom stereocenters. The number of carbonyl (C=O) groups excluding carboxylic acids is 3. The Balaban J connectivity index is 1.39. The molecule has 3 heterocycles.